The minimum absolute atomic E-state index is 0.112. The van der Waals surface area contributed by atoms with E-state index in [9.17, 15) is 0 Å². The average molecular weight is 768 g/mol. The predicted octanol–water partition coefficient (Wildman–Crippen LogP) is 15.3. The highest BCUT2D eigenvalue weighted by molar-refractivity contribution is 6.15. The molecular weight excluding hydrogens is 727 g/mol. The van der Waals surface area contributed by atoms with Crippen molar-refractivity contribution >= 4 is 60.7 Å². The van der Waals surface area contributed by atoms with E-state index in [-0.39, 0.29) is 5.41 Å². The predicted molar refractivity (Wildman–Crippen MR) is 253 cm³/mol. The minimum atomic E-state index is -0.112. The Morgan fingerprint density at radius 3 is 1.55 bits per heavy atom. The van der Waals surface area contributed by atoms with Gasteiger partial charge in [-0.05, 0) is 106 Å². The molecule has 2 aromatic heterocycles. The number of fused-ring (bicyclic) bond motifs is 9. The Hall–Kier alpha value is -7.62. The SMILES string of the molecule is CC1(C)c2ccccc2-c2ccc(N(c3ccc(-c4ccccc4)cc3)c3ccc(-n4c5ccccc5c5cccc(-n6c7ccccc7c7ccccc76)c54)cc3)cc21. The van der Waals surface area contributed by atoms with Crippen LogP contribution < -0.4 is 4.90 Å². The van der Waals surface area contributed by atoms with E-state index in [1.807, 2.05) is 0 Å². The average Bonchev–Trinajstić information content (AvgIpc) is 3.91. The summed E-state index contributed by atoms with van der Waals surface area (Å²) in [5.74, 6) is 0. The molecule has 3 heteroatoms. The molecular formula is C57H41N3. The van der Waals surface area contributed by atoms with E-state index >= 15 is 0 Å². The van der Waals surface area contributed by atoms with Crippen molar-refractivity contribution in [1.82, 2.24) is 9.13 Å². The van der Waals surface area contributed by atoms with Gasteiger partial charge in [0, 0.05) is 49.7 Å². The number of rotatable bonds is 6. The summed E-state index contributed by atoms with van der Waals surface area (Å²) in [6.07, 6.45) is 0. The van der Waals surface area contributed by atoms with Crippen LogP contribution >= 0.6 is 0 Å². The summed E-state index contributed by atoms with van der Waals surface area (Å²) in [4.78, 5) is 2.41. The summed E-state index contributed by atoms with van der Waals surface area (Å²) in [5, 5.41) is 4.98. The molecule has 0 N–H and O–H groups in total. The summed E-state index contributed by atoms with van der Waals surface area (Å²) in [6.45, 7) is 4.71. The molecule has 0 saturated carbocycles. The van der Waals surface area contributed by atoms with Gasteiger partial charge in [0.25, 0.3) is 0 Å². The highest BCUT2D eigenvalue weighted by Gasteiger charge is 2.35. The van der Waals surface area contributed by atoms with Gasteiger partial charge in [0.05, 0.1) is 27.8 Å². The van der Waals surface area contributed by atoms with Crippen LogP contribution in [0.2, 0.25) is 0 Å². The van der Waals surface area contributed by atoms with Crippen molar-refractivity contribution in [3.63, 3.8) is 0 Å². The summed E-state index contributed by atoms with van der Waals surface area (Å²) in [7, 11) is 0. The zero-order valence-corrected chi connectivity index (χ0v) is 33.5. The highest BCUT2D eigenvalue weighted by atomic mass is 15.1. The number of anilines is 3. The third kappa shape index (κ3) is 5.09. The molecule has 0 unspecified atom stereocenters. The van der Waals surface area contributed by atoms with Crippen LogP contribution in [0.15, 0.2) is 212 Å². The molecule has 11 aromatic rings. The van der Waals surface area contributed by atoms with E-state index in [0.29, 0.717) is 0 Å². The van der Waals surface area contributed by atoms with Crippen molar-refractivity contribution in [3.8, 4) is 33.6 Å². The van der Waals surface area contributed by atoms with Gasteiger partial charge in [-0.15, -0.1) is 0 Å². The van der Waals surface area contributed by atoms with Gasteiger partial charge >= 0.3 is 0 Å². The van der Waals surface area contributed by atoms with Gasteiger partial charge < -0.3 is 14.0 Å². The van der Waals surface area contributed by atoms with Gasteiger partial charge in [0.2, 0.25) is 0 Å². The third-order valence-corrected chi connectivity index (χ3v) is 12.9. The second kappa shape index (κ2) is 13.2. The molecule has 0 amide bonds. The lowest BCUT2D eigenvalue weighted by molar-refractivity contribution is 0.660. The second-order valence-electron chi connectivity index (χ2n) is 16.6. The molecule has 0 radical (unpaired) electrons. The third-order valence-electron chi connectivity index (χ3n) is 12.9. The van der Waals surface area contributed by atoms with Crippen molar-refractivity contribution < 1.29 is 0 Å². The first-order chi connectivity index (χ1) is 29.5. The van der Waals surface area contributed by atoms with Gasteiger partial charge in [-0.1, -0.05) is 153 Å². The maximum Gasteiger partial charge on any atom is 0.0782 e. The smallest absolute Gasteiger partial charge is 0.0782 e. The number of hydrogen-bond donors (Lipinski definition) is 0. The summed E-state index contributed by atoms with van der Waals surface area (Å²) >= 11 is 0. The van der Waals surface area contributed by atoms with Crippen molar-refractivity contribution in [2.75, 3.05) is 4.90 Å². The topological polar surface area (TPSA) is 13.1 Å². The molecule has 1 aliphatic carbocycles. The standard InChI is InChI=1S/C57H41N3/c1-57(2)50-22-10-6-17-44(50)45-36-35-43(37-51(45)57)58(40-29-27-39(28-30-40)38-15-4-3-5-16-38)41-31-33-42(34-32-41)59-52-23-11-9-20-48(52)49-21-14-26-55(56(49)59)60-53-24-12-7-18-46(53)47-19-8-13-25-54(47)60/h3-37H,1-2H3. The summed E-state index contributed by atoms with van der Waals surface area (Å²) < 4.78 is 4.91. The van der Waals surface area contributed by atoms with Crippen LogP contribution in [-0.4, -0.2) is 9.13 Å². The molecule has 0 bridgehead atoms. The van der Waals surface area contributed by atoms with Crippen LogP contribution in [0.3, 0.4) is 0 Å². The zero-order valence-electron chi connectivity index (χ0n) is 33.5. The Bertz CT molecular complexity index is 3390. The van der Waals surface area contributed by atoms with Gasteiger partial charge in [0.15, 0.2) is 0 Å². The molecule has 9 aromatic carbocycles. The summed E-state index contributed by atoms with van der Waals surface area (Å²) in [6, 6.07) is 77.8. The maximum atomic E-state index is 2.46. The Morgan fingerprint density at radius 2 is 0.867 bits per heavy atom. The van der Waals surface area contributed by atoms with E-state index in [2.05, 4.69) is 240 Å². The monoisotopic (exact) mass is 767 g/mol. The largest absolute Gasteiger partial charge is 0.310 e. The number of benzene rings is 9. The molecule has 0 spiro atoms. The van der Waals surface area contributed by atoms with Crippen molar-refractivity contribution in [2.45, 2.75) is 19.3 Å². The van der Waals surface area contributed by atoms with Crippen LogP contribution in [0.4, 0.5) is 17.1 Å². The molecule has 1 aliphatic rings. The Morgan fingerprint density at radius 1 is 0.367 bits per heavy atom. The van der Waals surface area contributed by atoms with E-state index < -0.39 is 0 Å². The molecule has 3 nitrogen and oxygen atoms in total. The lowest BCUT2D eigenvalue weighted by Crippen LogP contribution is -2.16. The number of hydrogen-bond acceptors (Lipinski definition) is 1. The first kappa shape index (κ1) is 34.4. The van der Waals surface area contributed by atoms with Gasteiger partial charge in [-0.25, -0.2) is 0 Å². The normalized spacial score (nSPS) is 13.0. The van der Waals surface area contributed by atoms with Crippen molar-refractivity contribution in [2.24, 2.45) is 0 Å². The highest BCUT2D eigenvalue weighted by Crippen LogP contribution is 2.51. The quantitative estimate of drug-likeness (QED) is 0.164. The summed E-state index contributed by atoms with van der Waals surface area (Å²) in [5.41, 5.74) is 18.1. The Kier molecular flexibility index (Phi) is 7.58. The van der Waals surface area contributed by atoms with Crippen LogP contribution in [0.1, 0.15) is 25.0 Å². The first-order valence-corrected chi connectivity index (χ1v) is 20.9. The van der Waals surface area contributed by atoms with Crippen LogP contribution in [0.25, 0.3) is 77.2 Å². The van der Waals surface area contributed by atoms with E-state index in [0.717, 1.165) is 28.4 Å². The number of para-hydroxylation sites is 4. The molecule has 0 atom stereocenters. The zero-order chi connectivity index (χ0) is 40.0. The lowest BCUT2D eigenvalue weighted by Gasteiger charge is -2.28. The van der Waals surface area contributed by atoms with Gasteiger partial charge in [-0.3, -0.25) is 0 Å². The van der Waals surface area contributed by atoms with E-state index in [4.69, 9.17) is 0 Å². The van der Waals surface area contributed by atoms with Crippen molar-refractivity contribution in [3.05, 3.63) is 223 Å². The molecule has 12 rings (SSSR count). The fraction of sp³-hybridized carbons (Fsp3) is 0.0526. The van der Waals surface area contributed by atoms with Gasteiger partial charge in [-0.2, -0.15) is 0 Å². The fourth-order valence-corrected chi connectivity index (χ4v) is 10.1. The second-order valence-corrected chi connectivity index (χ2v) is 16.6. The first-order valence-electron chi connectivity index (χ1n) is 20.9. The number of nitrogens with zero attached hydrogens (tertiary/aromatic N) is 3. The Labute approximate surface area is 349 Å². The molecule has 0 saturated heterocycles. The van der Waals surface area contributed by atoms with Crippen molar-refractivity contribution in [1.29, 1.82) is 0 Å². The molecule has 0 aliphatic heterocycles. The van der Waals surface area contributed by atoms with E-state index in [1.165, 1.54) is 77.0 Å². The lowest BCUT2D eigenvalue weighted by atomic mass is 9.82. The van der Waals surface area contributed by atoms with Crippen LogP contribution in [-0.2, 0) is 5.41 Å². The molecule has 284 valence electrons. The molecule has 2 heterocycles. The van der Waals surface area contributed by atoms with Gasteiger partial charge in [0.1, 0.15) is 0 Å². The Balaban J connectivity index is 1.04. The number of aromatic nitrogens is 2. The minimum Gasteiger partial charge on any atom is -0.310 e. The van der Waals surface area contributed by atoms with Crippen LogP contribution in [0.5, 0.6) is 0 Å². The maximum absolute atomic E-state index is 2.46. The van der Waals surface area contributed by atoms with E-state index in [1.54, 1.807) is 0 Å². The fourth-order valence-electron chi connectivity index (χ4n) is 10.1. The molecule has 0 fully saturated rings. The van der Waals surface area contributed by atoms with Crippen LogP contribution in [0, 0.1) is 0 Å². The molecule has 60 heavy (non-hydrogen) atoms.